The van der Waals surface area contributed by atoms with Crippen LogP contribution < -0.4 is 5.32 Å². The van der Waals surface area contributed by atoms with Crippen molar-refractivity contribution in [3.05, 3.63) is 12.2 Å². The number of ether oxygens (including phenoxy) is 1. The molecule has 1 N–H and O–H groups in total. The van der Waals surface area contributed by atoms with Crippen molar-refractivity contribution >= 4 is 0 Å². The minimum absolute atomic E-state index is 0.411. The van der Waals surface area contributed by atoms with E-state index < -0.39 is 0 Å². The molecule has 5 heteroatoms. The van der Waals surface area contributed by atoms with Gasteiger partial charge in [0.25, 0.3) is 0 Å². The number of nitrogens with zero attached hydrogens (tertiary/aromatic N) is 3. The van der Waals surface area contributed by atoms with Gasteiger partial charge in [0.15, 0.2) is 0 Å². The molecule has 0 aromatic carbocycles. The van der Waals surface area contributed by atoms with Crippen LogP contribution >= 0.6 is 0 Å². The van der Waals surface area contributed by atoms with Crippen LogP contribution in [0.4, 0.5) is 0 Å². The molecule has 90 valence electrons. The van der Waals surface area contributed by atoms with Crippen LogP contribution in [0.5, 0.6) is 0 Å². The van der Waals surface area contributed by atoms with Crippen molar-refractivity contribution in [2.24, 2.45) is 0 Å². The van der Waals surface area contributed by atoms with Crippen LogP contribution in [0.1, 0.15) is 38.6 Å². The summed E-state index contributed by atoms with van der Waals surface area (Å²) in [6.07, 6.45) is 4.13. The molecule has 0 spiro atoms. The highest BCUT2D eigenvalue weighted by atomic mass is 16.5. The van der Waals surface area contributed by atoms with E-state index in [1.807, 2.05) is 0 Å². The molecule has 0 radical (unpaired) electrons. The summed E-state index contributed by atoms with van der Waals surface area (Å²) in [5.41, 5.74) is 0. The third-order valence-electron chi connectivity index (χ3n) is 2.91. The van der Waals surface area contributed by atoms with Crippen LogP contribution in [0.15, 0.2) is 6.33 Å². The number of hydrogen-bond acceptors (Lipinski definition) is 4. The van der Waals surface area contributed by atoms with Crippen LogP contribution in [-0.4, -0.2) is 34.0 Å². The first kappa shape index (κ1) is 11.5. The second-order valence-electron chi connectivity index (χ2n) is 4.54. The van der Waals surface area contributed by atoms with Gasteiger partial charge in [-0.15, -0.1) is 10.2 Å². The number of nitrogens with one attached hydrogen (secondary N) is 1. The first-order valence-corrected chi connectivity index (χ1v) is 5.97. The summed E-state index contributed by atoms with van der Waals surface area (Å²) in [6, 6.07) is 0.875. The topological polar surface area (TPSA) is 52.0 Å². The number of rotatable bonds is 4. The Morgan fingerprint density at radius 3 is 3.19 bits per heavy atom. The zero-order chi connectivity index (χ0) is 11.4. The van der Waals surface area contributed by atoms with E-state index in [-0.39, 0.29) is 0 Å². The fourth-order valence-corrected chi connectivity index (χ4v) is 1.96. The largest absolute Gasteiger partial charge is 0.380 e. The van der Waals surface area contributed by atoms with Gasteiger partial charge in [0.2, 0.25) is 0 Å². The highest BCUT2D eigenvalue weighted by molar-refractivity contribution is 4.88. The third kappa shape index (κ3) is 2.80. The van der Waals surface area contributed by atoms with Crippen molar-refractivity contribution in [3.63, 3.8) is 0 Å². The molecule has 0 saturated carbocycles. The average molecular weight is 224 g/mol. The van der Waals surface area contributed by atoms with E-state index in [2.05, 4.69) is 33.9 Å². The van der Waals surface area contributed by atoms with E-state index >= 15 is 0 Å². The first-order chi connectivity index (χ1) is 7.77. The quantitative estimate of drug-likeness (QED) is 0.833. The van der Waals surface area contributed by atoms with Gasteiger partial charge in [0, 0.05) is 18.7 Å². The van der Waals surface area contributed by atoms with Gasteiger partial charge in [-0.3, -0.25) is 0 Å². The molecule has 1 atom stereocenters. The standard InChI is InChI=1S/C11H20N4O/c1-9(2)15-8-13-14-11(15)6-12-10-4-3-5-16-7-10/h8-10,12H,3-7H2,1-2H3. The summed E-state index contributed by atoms with van der Waals surface area (Å²) in [7, 11) is 0. The Morgan fingerprint density at radius 2 is 2.50 bits per heavy atom. The van der Waals surface area contributed by atoms with E-state index in [1.165, 1.54) is 6.42 Å². The van der Waals surface area contributed by atoms with Gasteiger partial charge < -0.3 is 14.6 Å². The molecule has 0 bridgehead atoms. The van der Waals surface area contributed by atoms with E-state index in [9.17, 15) is 0 Å². The lowest BCUT2D eigenvalue weighted by Crippen LogP contribution is -2.37. The third-order valence-corrected chi connectivity index (χ3v) is 2.91. The second-order valence-corrected chi connectivity index (χ2v) is 4.54. The average Bonchev–Trinajstić information content (AvgIpc) is 2.76. The van der Waals surface area contributed by atoms with E-state index in [0.717, 1.165) is 32.0 Å². The lowest BCUT2D eigenvalue weighted by atomic mass is 10.1. The van der Waals surface area contributed by atoms with E-state index in [0.29, 0.717) is 12.1 Å². The maximum Gasteiger partial charge on any atom is 0.147 e. The van der Waals surface area contributed by atoms with Gasteiger partial charge in [0.05, 0.1) is 13.2 Å². The number of hydrogen-bond donors (Lipinski definition) is 1. The fourth-order valence-electron chi connectivity index (χ4n) is 1.96. The van der Waals surface area contributed by atoms with Crippen LogP contribution in [0, 0.1) is 0 Å². The Morgan fingerprint density at radius 1 is 1.62 bits per heavy atom. The summed E-state index contributed by atoms with van der Waals surface area (Å²) in [6.45, 7) is 6.76. The Hall–Kier alpha value is -0.940. The van der Waals surface area contributed by atoms with Crippen molar-refractivity contribution in [2.45, 2.75) is 45.3 Å². The molecule has 1 saturated heterocycles. The maximum absolute atomic E-state index is 5.42. The molecule has 5 nitrogen and oxygen atoms in total. The van der Waals surface area contributed by atoms with Gasteiger partial charge in [-0.25, -0.2) is 0 Å². The Kier molecular flexibility index (Phi) is 3.90. The highest BCUT2D eigenvalue weighted by Crippen LogP contribution is 2.09. The monoisotopic (exact) mass is 224 g/mol. The SMILES string of the molecule is CC(C)n1cnnc1CNC1CCCOC1. The van der Waals surface area contributed by atoms with Gasteiger partial charge in [0.1, 0.15) is 12.2 Å². The molecule has 16 heavy (non-hydrogen) atoms. The molecular weight excluding hydrogens is 204 g/mol. The van der Waals surface area contributed by atoms with Crippen molar-refractivity contribution in [3.8, 4) is 0 Å². The molecule has 0 amide bonds. The van der Waals surface area contributed by atoms with Crippen LogP contribution in [-0.2, 0) is 11.3 Å². The van der Waals surface area contributed by atoms with Crippen LogP contribution in [0.3, 0.4) is 0 Å². The molecule has 0 aliphatic carbocycles. The fraction of sp³-hybridized carbons (Fsp3) is 0.818. The molecule has 2 rings (SSSR count). The van der Waals surface area contributed by atoms with Crippen molar-refractivity contribution < 1.29 is 4.74 Å². The van der Waals surface area contributed by atoms with E-state index in [4.69, 9.17) is 4.74 Å². The maximum atomic E-state index is 5.42. The predicted octanol–water partition coefficient (Wildman–Crippen LogP) is 1.13. The van der Waals surface area contributed by atoms with Gasteiger partial charge >= 0.3 is 0 Å². The smallest absolute Gasteiger partial charge is 0.147 e. The van der Waals surface area contributed by atoms with Crippen molar-refractivity contribution in [2.75, 3.05) is 13.2 Å². The van der Waals surface area contributed by atoms with Crippen LogP contribution in [0.2, 0.25) is 0 Å². The van der Waals surface area contributed by atoms with Gasteiger partial charge in [-0.1, -0.05) is 0 Å². The summed E-state index contributed by atoms with van der Waals surface area (Å²) in [5.74, 6) is 1.00. The minimum atomic E-state index is 0.411. The molecule has 1 aromatic rings. The lowest BCUT2D eigenvalue weighted by molar-refractivity contribution is 0.0696. The minimum Gasteiger partial charge on any atom is -0.380 e. The molecular formula is C11H20N4O. The van der Waals surface area contributed by atoms with Gasteiger partial charge in [-0.05, 0) is 26.7 Å². The Balaban J connectivity index is 1.86. The first-order valence-electron chi connectivity index (χ1n) is 5.97. The summed E-state index contributed by atoms with van der Waals surface area (Å²) < 4.78 is 7.52. The zero-order valence-electron chi connectivity index (χ0n) is 10.0. The summed E-state index contributed by atoms with van der Waals surface area (Å²) in [4.78, 5) is 0. The second kappa shape index (κ2) is 5.41. The highest BCUT2D eigenvalue weighted by Gasteiger charge is 2.14. The number of aromatic nitrogens is 3. The lowest BCUT2D eigenvalue weighted by Gasteiger charge is -2.23. The van der Waals surface area contributed by atoms with Crippen LogP contribution in [0.25, 0.3) is 0 Å². The molecule has 1 unspecified atom stereocenters. The van der Waals surface area contributed by atoms with Crippen molar-refractivity contribution in [1.29, 1.82) is 0 Å². The molecule has 1 aliphatic heterocycles. The molecule has 1 fully saturated rings. The Bertz CT molecular complexity index is 318. The van der Waals surface area contributed by atoms with Crippen molar-refractivity contribution in [1.82, 2.24) is 20.1 Å². The molecule has 1 aliphatic rings. The normalized spacial score (nSPS) is 21.6. The summed E-state index contributed by atoms with van der Waals surface area (Å²) >= 11 is 0. The summed E-state index contributed by atoms with van der Waals surface area (Å²) in [5, 5.41) is 11.6. The zero-order valence-corrected chi connectivity index (χ0v) is 10.0. The van der Waals surface area contributed by atoms with Gasteiger partial charge in [-0.2, -0.15) is 0 Å². The predicted molar refractivity (Wildman–Crippen MR) is 61.1 cm³/mol. The molecule has 1 aromatic heterocycles. The Labute approximate surface area is 96.2 Å². The molecule has 2 heterocycles. The van der Waals surface area contributed by atoms with E-state index in [1.54, 1.807) is 6.33 Å².